The molecular formula is C10H10ClF2NO6S. The molecule has 21 heavy (non-hydrogen) atoms. The molecule has 0 aromatic heterocycles. The number of ether oxygens (including phenoxy) is 1. The molecule has 1 aromatic carbocycles. The maximum Gasteiger partial charge on any atom is 0.387 e. The average Bonchev–Trinajstić information content (AvgIpc) is 2.37. The number of benzene rings is 1. The Hall–Kier alpha value is -1.49. The Morgan fingerprint density at radius 3 is 2.52 bits per heavy atom. The third-order valence-electron chi connectivity index (χ3n) is 2.18. The summed E-state index contributed by atoms with van der Waals surface area (Å²) in [4.78, 5) is 9.96. The zero-order valence-electron chi connectivity index (χ0n) is 10.2. The lowest BCUT2D eigenvalue weighted by molar-refractivity contribution is -0.146. The van der Waals surface area contributed by atoms with Gasteiger partial charge in [-0.1, -0.05) is 11.6 Å². The van der Waals surface area contributed by atoms with Crippen LogP contribution in [0.2, 0.25) is 5.02 Å². The Morgan fingerprint density at radius 2 is 2.05 bits per heavy atom. The van der Waals surface area contributed by atoms with Crippen molar-refractivity contribution in [2.24, 2.45) is 0 Å². The molecule has 0 fully saturated rings. The SMILES string of the molecule is O=C(O)C(O)CNS(=O)(=O)c1ccc(OC(F)F)c(Cl)c1. The molecule has 0 aliphatic heterocycles. The third kappa shape index (κ3) is 5.08. The number of rotatable bonds is 7. The number of carboxylic acid groups (broad SMARTS) is 1. The van der Waals surface area contributed by atoms with Crippen molar-refractivity contribution in [1.29, 1.82) is 0 Å². The molecule has 0 bridgehead atoms. The molecule has 0 radical (unpaired) electrons. The van der Waals surface area contributed by atoms with E-state index in [-0.39, 0.29) is 5.02 Å². The number of nitrogens with one attached hydrogen (secondary N) is 1. The van der Waals surface area contributed by atoms with Gasteiger partial charge in [0.25, 0.3) is 0 Å². The highest BCUT2D eigenvalue weighted by atomic mass is 35.5. The molecule has 1 rings (SSSR count). The first-order valence-electron chi connectivity index (χ1n) is 5.28. The van der Waals surface area contributed by atoms with Crippen LogP contribution in [0.15, 0.2) is 23.1 Å². The summed E-state index contributed by atoms with van der Waals surface area (Å²) in [6, 6.07) is 2.73. The van der Waals surface area contributed by atoms with Crippen LogP contribution in [-0.2, 0) is 14.8 Å². The standard InChI is InChI=1S/C10H10ClF2NO6S/c11-6-3-5(1-2-8(6)20-10(12)13)21(18,19)14-4-7(15)9(16)17/h1-3,7,10,14-15H,4H2,(H,16,17). The molecule has 3 N–H and O–H groups in total. The van der Waals surface area contributed by atoms with Crippen LogP contribution in [0.1, 0.15) is 0 Å². The largest absolute Gasteiger partial charge is 0.479 e. The maximum absolute atomic E-state index is 12.0. The number of aliphatic hydroxyl groups is 1. The fraction of sp³-hybridized carbons (Fsp3) is 0.300. The van der Waals surface area contributed by atoms with Gasteiger partial charge in [-0.3, -0.25) is 0 Å². The fourth-order valence-corrected chi connectivity index (χ4v) is 2.55. The second-order valence-electron chi connectivity index (χ2n) is 3.68. The molecule has 11 heteroatoms. The minimum absolute atomic E-state index is 0.364. The minimum Gasteiger partial charge on any atom is -0.479 e. The summed E-state index contributed by atoms with van der Waals surface area (Å²) in [5.74, 6) is -2.01. The Morgan fingerprint density at radius 1 is 1.43 bits per heavy atom. The van der Waals surface area contributed by atoms with Crippen molar-refractivity contribution >= 4 is 27.6 Å². The number of aliphatic carboxylic acids is 1. The zero-order chi connectivity index (χ0) is 16.2. The second kappa shape index (κ2) is 6.98. The van der Waals surface area contributed by atoms with Gasteiger partial charge in [0.2, 0.25) is 10.0 Å². The molecule has 0 saturated heterocycles. The summed E-state index contributed by atoms with van der Waals surface area (Å²) in [7, 11) is -4.16. The van der Waals surface area contributed by atoms with E-state index < -0.39 is 45.9 Å². The van der Waals surface area contributed by atoms with Gasteiger partial charge < -0.3 is 14.9 Å². The molecule has 118 valence electrons. The topological polar surface area (TPSA) is 113 Å². The van der Waals surface area contributed by atoms with Gasteiger partial charge in [0.05, 0.1) is 9.92 Å². The van der Waals surface area contributed by atoms with E-state index in [0.29, 0.717) is 0 Å². The summed E-state index contributed by atoms with van der Waals surface area (Å²) in [6.45, 7) is -3.88. The summed E-state index contributed by atoms with van der Waals surface area (Å²) in [5.41, 5.74) is 0. The van der Waals surface area contributed by atoms with E-state index in [2.05, 4.69) is 4.74 Å². The summed E-state index contributed by atoms with van der Waals surface area (Å²) in [5, 5.41) is 17.0. The molecule has 1 atom stereocenters. The van der Waals surface area contributed by atoms with Gasteiger partial charge in [-0.2, -0.15) is 8.78 Å². The molecule has 0 aliphatic carbocycles. The lowest BCUT2D eigenvalue weighted by Gasteiger charge is -2.11. The lowest BCUT2D eigenvalue weighted by atomic mass is 10.3. The predicted octanol–water partition coefficient (Wildman–Crippen LogP) is 0.665. The van der Waals surface area contributed by atoms with Crippen molar-refractivity contribution in [2.45, 2.75) is 17.6 Å². The number of aliphatic hydroxyl groups excluding tert-OH is 1. The van der Waals surface area contributed by atoms with Gasteiger partial charge in [-0.25, -0.2) is 17.9 Å². The molecule has 1 unspecified atom stereocenters. The minimum atomic E-state index is -4.16. The van der Waals surface area contributed by atoms with E-state index in [4.69, 9.17) is 21.8 Å². The number of alkyl halides is 2. The summed E-state index contributed by atoms with van der Waals surface area (Å²) < 4.78 is 53.5. The van der Waals surface area contributed by atoms with Crippen LogP contribution < -0.4 is 9.46 Å². The zero-order valence-corrected chi connectivity index (χ0v) is 11.7. The van der Waals surface area contributed by atoms with Gasteiger partial charge >= 0.3 is 12.6 Å². The van der Waals surface area contributed by atoms with E-state index in [1.807, 2.05) is 4.72 Å². The predicted molar refractivity (Wildman–Crippen MR) is 66.9 cm³/mol. The molecule has 0 aliphatic rings. The number of hydrogen-bond donors (Lipinski definition) is 3. The van der Waals surface area contributed by atoms with Crippen LogP contribution in [0, 0.1) is 0 Å². The van der Waals surface area contributed by atoms with Gasteiger partial charge in [0, 0.05) is 6.54 Å². The highest BCUT2D eigenvalue weighted by molar-refractivity contribution is 7.89. The first-order chi connectivity index (χ1) is 9.63. The van der Waals surface area contributed by atoms with E-state index in [9.17, 15) is 22.0 Å². The van der Waals surface area contributed by atoms with Crippen molar-refractivity contribution < 1.29 is 36.9 Å². The monoisotopic (exact) mass is 345 g/mol. The van der Waals surface area contributed by atoms with Crippen LogP contribution >= 0.6 is 11.6 Å². The van der Waals surface area contributed by atoms with Crippen LogP contribution in [0.3, 0.4) is 0 Å². The number of carboxylic acids is 1. The Balaban J connectivity index is 2.89. The Bertz CT molecular complexity index is 624. The van der Waals surface area contributed by atoms with Gasteiger partial charge in [0.1, 0.15) is 5.75 Å². The smallest absolute Gasteiger partial charge is 0.387 e. The van der Waals surface area contributed by atoms with Gasteiger partial charge in [-0.15, -0.1) is 0 Å². The molecule has 0 amide bonds. The first-order valence-corrected chi connectivity index (χ1v) is 7.14. The second-order valence-corrected chi connectivity index (χ2v) is 5.85. The van der Waals surface area contributed by atoms with E-state index in [1.165, 1.54) is 0 Å². The van der Waals surface area contributed by atoms with Crippen LogP contribution in [-0.4, -0.2) is 43.9 Å². The number of hydrogen-bond acceptors (Lipinski definition) is 5. The lowest BCUT2D eigenvalue weighted by Crippen LogP contribution is -2.36. The fourth-order valence-electron chi connectivity index (χ4n) is 1.20. The molecule has 0 heterocycles. The third-order valence-corrected chi connectivity index (χ3v) is 3.90. The molecule has 7 nitrogen and oxygen atoms in total. The van der Waals surface area contributed by atoms with Crippen molar-refractivity contribution in [2.75, 3.05) is 6.54 Å². The van der Waals surface area contributed by atoms with Crippen LogP contribution in [0.5, 0.6) is 5.75 Å². The summed E-state index contributed by atoms with van der Waals surface area (Å²) in [6.07, 6.45) is -1.92. The van der Waals surface area contributed by atoms with E-state index >= 15 is 0 Å². The van der Waals surface area contributed by atoms with Crippen molar-refractivity contribution in [3.05, 3.63) is 23.2 Å². The normalized spacial score (nSPS) is 13.2. The molecule has 0 spiro atoms. The number of sulfonamides is 1. The molecular weight excluding hydrogens is 336 g/mol. The van der Waals surface area contributed by atoms with Crippen molar-refractivity contribution in [1.82, 2.24) is 4.72 Å². The summed E-state index contributed by atoms with van der Waals surface area (Å²) >= 11 is 5.60. The van der Waals surface area contributed by atoms with Gasteiger partial charge in [-0.05, 0) is 18.2 Å². The van der Waals surface area contributed by atoms with Crippen LogP contribution in [0.4, 0.5) is 8.78 Å². The first kappa shape index (κ1) is 17.6. The average molecular weight is 346 g/mol. The van der Waals surface area contributed by atoms with E-state index in [1.54, 1.807) is 0 Å². The Labute approximate surface area is 123 Å². The highest BCUT2D eigenvalue weighted by Gasteiger charge is 2.21. The highest BCUT2D eigenvalue weighted by Crippen LogP contribution is 2.28. The Kier molecular flexibility index (Phi) is 5.84. The van der Waals surface area contributed by atoms with Gasteiger partial charge in [0.15, 0.2) is 6.10 Å². The quantitative estimate of drug-likeness (QED) is 0.669. The van der Waals surface area contributed by atoms with E-state index in [0.717, 1.165) is 18.2 Å². The van der Waals surface area contributed by atoms with Crippen LogP contribution in [0.25, 0.3) is 0 Å². The number of carbonyl (C=O) groups is 1. The molecule has 0 saturated carbocycles. The maximum atomic E-state index is 12.0. The molecule has 1 aromatic rings. The van der Waals surface area contributed by atoms with Crippen molar-refractivity contribution in [3.63, 3.8) is 0 Å². The van der Waals surface area contributed by atoms with Crippen molar-refractivity contribution in [3.8, 4) is 5.75 Å². The number of halogens is 3.